The lowest BCUT2D eigenvalue weighted by Crippen LogP contribution is -2.38. The molecule has 86 valence electrons. The van der Waals surface area contributed by atoms with E-state index in [1.54, 1.807) is 0 Å². The highest BCUT2D eigenvalue weighted by atomic mass is 16.3. The van der Waals surface area contributed by atoms with Crippen molar-refractivity contribution in [2.75, 3.05) is 6.61 Å². The van der Waals surface area contributed by atoms with E-state index in [0.29, 0.717) is 12.8 Å². The zero-order chi connectivity index (χ0) is 11.3. The number of hydrogen-bond acceptors (Lipinski definition) is 3. The first-order chi connectivity index (χ1) is 7.17. The van der Waals surface area contributed by atoms with Crippen LogP contribution < -0.4 is 11.1 Å². The maximum Gasteiger partial charge on any atom is 0.227 e. The second-order valence-electron chi connectivity index (χ2n) is 4.02. The van der Waals surface area contributed by atoms with Gasteiger partial charge in [0, 0.05) is 18.7 Å². The number of amides is 1. The van der Waals surface area contributed by atoms with Crippen molar-refractivity contribution < 1.29 is 9.90 Å². The van der Waals surface area contributed by atoms with Gasteiger partial charge in [-0.15, -0.1) is 0 Å². The topological polar surface area (TPSA) is 75.3 Å². The molecule has 1 aliphatic carbocycles. The summed E-state index contributed by atoms with van der Waals surface area (Å²) in [4.78, 5) is 11.7. The summed E-state index contributed by atoms with van der Waals surface area (Å²) in [6.45, 7) is 2.11. The van der Waals surface area contributed by atoms with E-state index in [-0.39, 0.29) is 30.5 Å². The molecule has 0 aromatic heterocycles. The Bertz CT molecular complexity index is 241. The van der Waals surface area contributed by atoms with Crippen LogP contribution in [-0.4, -0.2) is 29.7 Å². The van der Waals surface area contributed by atoms with Crippen molar-refractivity contribution in [1.29, 1.82) is 0 Å². The van der Waals surface area contributed by atoms with E-state index in [1.807, 2.05) is 19.1 Å². The number of nitrogens with two attached hydrogens (primary N) is 1. The summed E-state index contributed by atoms with van der Waals surface area (Å²) < 4.78 is 0. The van der Waals surface area contributed by atoms with Crippen LogP contribution in [0.25, 0.3) is 0 Å². The van der Waals surface area contributed by atoms with E-state index in [0.717, 1.165) is 6.42 Å². The monoisotopic (exact) mass is 212 g/mol. The molecule has 0 saturated heterocycles. The number of carbonyl (C=O) groups is 1. The molecule has 0 heterocycles. The van der Waals surface area contributed by atoms with Crippen LogP contribution in [0.1, 0.15) is 26.2 Å². The molecule has 3 unspecified atom stereocenters. The Hall–Kier alpha value is -0.870. The van der Waals surface area contributed by atoms with Crippen LogP contribution in [0.2, 0.25) is 0 Å². The van der Waals surface area contributed by atoms with Gasteiger partial charge in [-0.25, -0.2) is 0 Å². The second kappa shape index (κ2) is 5.88. The molecular weight excluding hydrogens is 192 g/mol. The molecule has 0 bridgehead atoms. The molecular formula is C11H20N2O2. The summed E-state index contributed by atoms with van der Waals surface area (Å²) in [7, 11) is 0. The summed E-state index contributed by atoms with van der Waals surface area (Å²) in [6, 6.07) is 0.0893. The third-order valence-electron chi connectivity index (χ3n) is 2.77. The van der Waals surface area contributed by atoms with Crippen molar-refractivity contribution in [2.24, 2.45) is 11.7 Å². The first kappa shape index (κ1) is 12.2. The van der Waals surface area contributed by atoms with Crippen molar-refractivity contribution in [2.45, 2.75) is 38.3 Å². The number of aliphatic hydroxyl groups excluding tert-OH is 1. The molecule has 1 aliphatic rings. The Kier molecular flexibility index (Phi) is 4.78. The molecule has 1 amide bonds. The summed E-state index contributed by atoms with van der Waals surface area (Å²) >= 11 is 0. The first-order valence-electron chi connectivity index (χ1n) is 5.52. The van der Waals surface area contributed by atoms with Gasteiger partial charge in [-0.05, 0) is 19.3 Å². The zero-order valence-electron chi connectivity index (χ0n) is 9.15. The molecule has 4 nitrogen and oxygen atoms in total. The fourth-order valence-electron chi connectivity index (χ4n) is 1.76. The van der Waals surface area contributed by atoms with Crippen molar-refractivity contribution in [3.05, 3.63) is 12.2 Å². The van der Waals surface area contributed by atoms with Crippen molar-refractivity contribution in [1.82, 2.24) is 5.32 Å². The van der Waals surface area contributed by atoms with Crippen LogP contribution in [0.15, 0.2) is 12.2 Å². The van der Waals surface area contributed by atoms with Gasteiger partial charge in [-0.1, -0.05) is 19.1 Å². The second-order valence-corrected chi connectivity index (χ2v) is 4.02. The summed E-state index contributed by atoms with van der Waals surface area (Å²) in [5.74, 6) is -0.0627. The maximum absolute atomic E-state index is 11.7. The van der Waals surface area contributed by atoms with Gasteiger partial charge in [0.25, 0.3) is 0 Å². The Morgan fingerprint density at radius 2 is 2.40 bits per heavy atom. The molecule has 0 saturated carbocycles. The predicted octanol–water partition coefficient (Wildman–Crippen LogP) is 0.167. The highest BCUT2D eigenvalue weighted by Crippen LogP contribution is 2.16. The van der Waals surface area contributed by atoms with Gasteiger partial charge in [-0.2, -0.15) is 0 Å². The number of carbonyl (C=O) groups excluding carboxylic acids is 1. The van der Waals surface area contributed by atoms with Crippen LogP contribution in [0.3, 0.4) is 0 Å². The molecule has 4 N–H and O–H groups in total. The van der Waals surface area contributed by atoms with Gasteiger partial charge in [-0.3, -0.25) is 4.79 Å². The van der Waals surface area contributed by atoms with E-state index in [4.69, 9.17) is 10.8 Å². The lowest BCUT2D eigenvalue weighted by molar-refractivity contribution is -0.124. The van der Waals surface area contributed by atoms with Crippen LogP contribution in [-0.2, 0) is 4.79 Å². The lowest BCUT2D eigenvalue weighted by atomic mass is 10.1. The van der Waals surface area contributed by atoms with E-state index in [9.17, 15) is 4.79 Å². The summed E-state index contributed by atoms with van der Waals surface area (Å²) in [6.07, 6.45) is 5.89. The molecule has 0 fully saturated rings. The van der Waals surface area contributed by atoms with E-state index < -0.39 is 0 Å². The minimum atomic E-state index is -0.0901. The first-order valence-corrected chi connectivity index (χ1v) is 5.52. The highest BCUT2D eigenvalue weighted by molar-refractivity contribution is 5.81. The van der Waals surface area contributed by atoms with Crippen molar-refractivity contribution >= 4 is 5.91 Å². The van der Waals surface area contributed by atoms with Gasteiger partial charge < -0.3 is 16.2 Å². The number of nitrogens with one attached hydrogen (secondary N) is 1. The summed E-state index contributed by atoms with van der Waals surface area (Å²) in [5.41, 5.74) is 5.68. The van der Waals surface area contributed by atoms with Crippen molar-refractivity contribution in [3.63, 3.8) is 0 Å². The molecule has 15 heavy (non-hydrogen) atoms. The Balaban J connectivity index is 2.37. The molecule has 0 spiro atoms. The molecule has 0 aromatic rings. The number of aliphatic hydroxyl groups is 1. The van der Waals surface area contributed by atoms with Gasteiger partial charge in [0.05, 0.1) is 5.92 Å². The number of hydrogen-bond donors (Lipinski definition) is 3. The standard InChI is InChI=1S/C11H20N2O2/c1-2-10(5-6-14)13-11(15)8-3-4-9(12)7-8/h3-4,8-10,14H,2,5-7,12H2,1H3,(H,13,15). The Labute approximate surface area is 90.5 Å². The minimum absolute atomic E-state index is 0.0127. The molecule has 4 heteroatoms. The van der Waals surface area contributed by atoms with Gasteiger partial charge in [0.1, 0.15) is 0 Å². The van der Waals surface area contributed by atoms with Gasteiger partial charge >= 0.3 is 0 Å². The average molecular weight is 212 g/mol. The SMILES string of the molecule is CCC(CCO)NC(=O)C1C=CC(N)C1. The maximum atomic E-state index is 11.7. The predicted molar refractivity (Wildman–Crippen MR) is 59.1 cm³/mol. The normalized spacial score (nSPS) is 26.6. The van der Waals surface area contributed by atoms with Gasteiger partial charge in [0.2, 0.25) is 5.91 Å². The number of rotatable bonds is 5. The van der Waals surface area contributed by atoms with Crippen LogP contribution in [0.5, 0.6) is 0 Å². The minimum Gasteiger partial charge on any atom is -0.396 e. The van der Waals surface area contributed by atoms with E-state index in [2.05, 4.69) is 5.32 Å². The molecule has 0 radical (unpaired) electrons. The smallest absolute Gasteiger partial charge is 0.227 e. The van der Waals surface area contributed by atoms with E-state index >= 15 is 0 Å². The lowest BCUT2D eigenvalue weighted by Gasteiger charge is -2.18. The molecule has 0 aromatic carbocycles. The fourth-order valence-corrected chi connectivity index (χ4v) is 1.76. The fraction of sp³-hybridized carbons (Fsp3) is 0.727. The third-order valence-corrected chi connectivity index (χ3v) is 2.77. The van der Waals surface area contributed by atoms with Crippen LogP contribution in [0.4, 0.5) is 0 Å². The summed E-state index contributed by atoms with van der Waals surface area (Å²) in [5, 5.41) is 11.7. The molecule has 3 atom stereocenters. The average Bonchev–Trinajstić information content (AvgIpc) is 2.64. The quantitative estimate of drug-likeness (QED) is 0.568. The van der Waals surface area contributed by atoms with Gasteiger partial charge in [0.15, 0.2) is 0 Å². The highest BCUT2D eigenvalue weighted by Gasteiger charge is 2.23. The molecule has 1 rings (SSSR count). The largest absolute Gasteiger partial charge is 0.396 e. The Morgan fingerprint density at radius 1 is 1.67 bits per heavy atom. The third kappa shape index (κ3) is 3.64. The Morgan fingerprint density at radius 3 is 2.87 bits per heavy atom. The molecule has 0 aliphatic heterocycles. The van der Waals surface area contributed by atoms with Crippen LogP contribution >= 0.6 is 0 Å². The van der Waals surface area contributed by atoms with E-state index in [1.165, 1.54) is 0 Å². The van der Waals surface area contributed by atoms with Crippen molar-refractivity contribution in [3.8, 4) is 0 Å². The van der Waals surface area contributed by atoms with Crippen LogP contribution in [0, 0.1) is 5.92 Å². The zero-order valence-corrected chi connectivity index (χ0v) is 9.15.